The molecule has 0 saturated carbocycles. The number of sulfonamides is 1. The van der Waals surface area contributed by atoms with Crippen LogP contribution >= 0.6 is 22.9 Å². The van der Waals surface area contributed by atoms with E-state index >= 15 is 0 Å². The van der Waals surface area contributed by atoms with Gasteiger partial charge in [0.2, 0.25) is 10.0 Å². The van der Waals surface area contributed by atoms with Gasteiger partial charge in [0.25, 0.3) is 5.69 Å². The van der Waals surface area contributed by atoms with E-state index < -0.39 is 14.9 Å². The zero-order chi connectivity index (χ0) is 24.0. The maximum Gasteiger partial charge on any atom is 0.270 e. The Kier molecular flexibility index (Phi) is 7.97. The van der Waals surface area contributed by atoms with Crippen LogP contribution in [0.15, 0.2) is 58.5 Å². The van der Waals surface area contributed by atoms with E-state index in [4.69, 9.17) is 11.6 Å². The number of aromatic nitrogens is 1. The van der Waals surface area contributed by atoms with Crippen molar-refractivity contribution in [2.45, 2.75) is 18.7 Å². The lowest BCUT2D eigenvalue weighted by molar-refractivity contribution is -0.385. The quantitative estimate of drug-likeness (QED) is 0.225. The van der Waals surface area contributed by atoms with Gasteiger partial charge in [-0.1, -0.05) is 55.0 Å². The van der Waals surface area contributed by atoms with Crippen LogP contribution < -0.4 is 10.7 Å². The monoisotopic (exact) mass is 508 g/mol. The number of benzene rings is 2. The highest BCUT2D eigenvalue weighted by Gasteiger charge is 2.27. The van der Waals surface area contributed by atoms with Crippen molar-refractivity contribution in [2.24, 2.45) is 5.10 Å². The molecule has 0 spiro atoms. The Morgan fingerprint density at radius 3 is 2.55 bits per heavy atom. The molecule has 0 bridgehead atoms. The average molecular weight is 509 g/mol. The van der Waals surface area contributed by atoms with Gasteiger partial charge in [-0.05, 0) is 18.2 Å². The number of halogens is 1. The van der Waals surface area contributed by atoms with Gasteiger partial charge < -0.3 is 5.32 Å². The summed E-state index contributed by atoms with van der Waals surface area (Å²) in [5.74, 6) is 0. The normalized spacial score (nSPS) is 11.8. The second kappa shape index (κ2) is 10.7. The zero-order valence-corrected chi connectivity index (χ0v) is 20.1. The van der Waals surface area contributed by atoms with Gasteiger partial charge in [-0.3, -0.25) is 15.5 Å². The lowest BCUT2D eigenvalue weighted by Crippen LogP contribution is -2.31. The maximum atomic E-state index is 13.0. The largest absolute Gasteiger partial charge is 0.331 e. The van der Waals surface area contributed by atoms with E-state index in [2.05, 4.69) is 20.8 Å². The van der Waals surface area contributed by atoms with Gasteiger partial charge in [-0.2, -0.15) is 9.41 Å². The van der Waals surface area contributed by atoms with Crippen molar-refractivity contribution in [3.05, 3.63) is 68.7 Å². The first-order chi connectivity index (χ1) is 15.8. The summed E-state index contributed by atoms with van der Waals surface area (Å²) in [7, 11) is -3.97. The number of hydrogen-bond donors (Lipinski definition) is 2. The van der Waals surface area contributed by atoms with Crippen LogP contribution in [-0.4, -0.2) is 41.9 Å². The Bertz CT molecular complexity index is 1260. The maximum absolute atomic E-state index is 13.0. The minimum absolute atomic E-state index is 0.104. The number of nitro groups is 1. The summed E-state index contributed by atoms with van der Waals surface area (Å²) in [5, 5.41) is 19.2. The summed E-state index contributed by atoms with van der Waals surface area (Å²) in [6.45, 7) is 3.82. The number of nitrogens with one attached hydrogen (secondary N) is 2. The van der Waals surface area contributed by atoms with E-state index in [1.807, 2.05) is 30.3 Å². The molecule has 0 fully saturated rings. The van der Waals surface area contributed by atoms with Crippen LogP contribution in [0.5, 0.6) is 0 Å². The number of rotatable bonds is 10. The van der Waals surface area contributed by atoms with Crippen molar-refractivity contribution in [1.29, 1.82) is 0 Å². The first kappa shape index (κ1) is 24.6. The third kappa shape index (κ3) is 5.85. The summed E-state index contributed by atoms with van der Waals surface area (Å²) in [6, 6.07) is 13.0. The average Bonchev–Trinajstić information content (AvgIpc) is 3.13. The number of anilines is 3. The van der Waals surface area contributed by atoms with Gasteiger partial charge in [0.15, 0.2) is 10.3 Å². The fraction of sp³-hybridized carbons (Fsp3) is 0.200. The standard InChI is InChI=1S/C20H21ClN6O4S2/c1-3-26(4-2)33(30,31)18-12-15(27(28)29)10-11-16(18)25-22-13-17-19(21)24-20(32-17)23-14-8-6-5-7-9-14/h5-13,25H,3-4H2,1-2H3,(H,23,24)/b22-13+. The van der Waals surface area contributed by atoms with E-state index in [0.717, 1.165) is 11.8 Å². The Labute approximate surface area is 200 Å². The van der Waals surface area contributed by atoms with E-state index in [1.165, 1.54) is 34.0 Å². The number of para-hydroxylation sites is 1. The molecule has 33 heavy (non-hydrogen) atoms. The van der Waals surface area contributed by atoms with Gasteiger partial charge in [0, 0.05) is 30.9 Å². The minimum Gasteiger partial charge on any atom is -0.331 e. The molecular weight excluding hydrogens is 488 g/mol. The number of nitro benzene ring substituents is 1. The molecule has 2 N–H and O–H groups in total. The van der Waals surface area contributed by atoms with Crippen molar-refractivity contribution >= 4 is 61.4 Å². The molecule has 3 rings (SSSR count). The minimum atomic E-state index is -3.97. The van der Waals surface area contributed by atoms with Crippen LogP contribution in [-0.2, 0) is 10.0 Å². The van der Waals surface area contributed by atoms with Crippen molar-refractivity contribution in [1.82, 2.24) is 9.29 Å². The second-order valence-electron chi connectivity index (χ2n) is 6.56. The van der Waals surface area contributed by atoms with Crippen molar-refractivity contribution < 1.29 is 13.3 Å². The van der Waals surface area contributed by atoms with E-state index in [0.29, 0.717) is 10.0 Å². The molecule has 0 aliphatic carbocycles. The predicted molar refractivity (Wildman–Crippen MR) is 131 cm³/mol. The molecule has 2 aromatic carbocycles. The summed E-state index contributed by atoms with van der Waals surface area (Å²) in [6.07, 6.45) is 1.41. The molecule has 0 amide bonds. The van der Waals surface area contributed by atoms with Gasteiger partial charge >= 0.3 is 0 Å². The highest BCUT2D eigenvalue weighted by Crippen LogP contribution is 2.30. The van der Waals surface area contributed by atoms with Crippen LogP contribution in [0.4, 0.5) is 22.2 Å². The molecule has 0 atom stereocenters. The molecule has 10 nitrogen and oxygen atoms in total. The number of thiazole rings is 1. The third-order valence-electron chi connectivity index (χ3n) is 4.50. The van der Waals surface area contributed by atoms with Crippen LogP contribution in [0.1, 0.15) is 18.7 Å². The lowest BCUT2D eigenvalue weighted by Gasteiger charge is -2.20. The lowest BCUT2D eigenvalue weighted by atomic mass is 10.3. The molecule has 0 saturated heterocycles. The molecule has 0 radical (unpaired) electrons. The Morgan fingerprint density at radius 2 is 1.91 bits per heavy atom. The van der Waals surface area contributed by atoms with Gasteiger partial charge in [-0.15, -0.1) is 0 Å². The van der Waals surface area contributed by atoms with Crippen molar-refractivity contribution in [2.75, 3.05) is 23.8 Å². The molecule has 0 aliphatic rings. The first-order valence-corrected chi connectivity index (χ1v) is 12.5. The smallest absolute Gasteiger partial charge is 0.270 e. The fourth-order valence-corrected chi connectivity index (χ4v) is 5.55. The van der Waals surface area contributed by atoms with Crippen molar-refractivity contribution in [3.63, 3.8) is 0 Å². The van der Waals surface area contributed by atoms with Crippen molar-refractivity contribution in [3.8, 4) is 0 Å². The molecule has 1 heterocycles. The van der Waals surface area contributed by atoms with Crippen LogP contribution in [0.25, 0.3) is 0 Å². The first-order valence-electron chi connectivity index (χ1n) is 9.82. The summed E-state index contributed by atoms with van der Waals surface area (Å²) >= 11 is 7.45. The molecule has 13 heteroatoms. The molecule has 0 aliphatic heterocycles. The van der Waals surface area contributed by atoms with Crippen LogP contribution in [0, 0.1) is 10.1 Å². The number of hydrogen-bond acceptors (Lipinski definition) is 9. The molecule has 0 unspecified atom stereocenters. The molecular formula is C20H21ClN6O4S2. The zero-order valence-electron chi connectivity index (χ0n) is 17.7. The van der Waals surface area contributed by atoms with E-state index in [9.17, 15) is 18.5 Å². The molecule has 1 aromatic heterocycles. The van der Waals surface area contributed by atoms with E-state index in [-0.39, 0.29) is 34.5 Å². The predicted octanol–water partition coefficient (Wildman–Crippen LogP) is 4.92. The summed E-state index contributed by atoms with van der Waals surface area (Å²) in [4.78, 5) is 15.1. The van der Waals surface area contributed by atoms with Gasteiger partial charge in [0.05, 0.1) is 21.7 Å². The Hall–Kier alpha value is -3.06. The Morgan fingerprint density at radius 1 is 1.21 bits per heavy atom. The highest BCUT2D eigenvalue weighted by molar-refractivity contribution is 7.89. The summed E-state index contributed by atoms with van der Waals surface area (Å²) in [5.41, 5.74) is 3.28. The number of hydrazone groups is 1. The summed E-state index contributed by atoms with van der Waals surface area (Å²) < 4.78 is 27.3. The highest BCUT2D eigenvalue weighted by atomic mass is 35.5. The molecule has 3 aromatic rings. The SMILES string of the molecule is CCN(CC)S(=O)(=O)c1cc([N+](=O)[O-])ccc1N/N=C/c1sc(Nc2ccccc2)nc1Cl. The Balaban J connectivity index is 1.86. The topological polar surface area (TPSA) is 130 Å². The van der Waals surface area contributed by atoms with E-state index in [1.54, 1.807) is 13.8 Å². The van der Waals surface area contributed by atoms with Gasteiger partial charge in [-0.25, -0.2) is 13.4 Å². The second-order valence-corrected chi connectivity index (χ2v) is 9.86. The van der Waals surface area contributed by atoms with Gasteiger partial charge in [0.1, 0.15) is 4.90 Å². The molecule has 174 valence electrons. The van der Waals surface area contributed by atoms with Crippen LogP contribution in [0.3, 0.4) is 0 Å². The van der Waals surface area contributed by atoms with Crippen LogP contribution in [0.2, 0.25) is 5.15 Å². The number of non-ortho nitro benzene ring substituents is 1. The third-order valence-corrected chi connectivity index (χ3v) is 7.90. The fourth-order valence-electron chi connectivity index (χ4n) is 2.88. The number of nitrogens with zero attached hydrogens (tertiary/aromatic N) is 4.